The highest BCUT2D eigenvalue weighted by Gasteiger charge is 2.08. The Bertz CT molecular complexity index is 368. The predicted molar refractivity (Wildman–Crippen MR) is 64.8 cm³/mol. The molecule has 82 valence electrons. The Kier molecular flexibility index (Phi) is 4.73. The van der Waals surface area contributed by atoms with E-state index in [4.69, 9.17) is 0 Å². The first-order valence-corrected chi connectivity index (χ1v) is 6.09. The Hall–Kier alpha value is -0.420. The van der Waals surface area contributed by atoms with E-state index in [1.54, 1.807) is 0 Å². The van der Waals surface area contributed by atoms with Crippen molar-refractivity contribution in [3.63, 3.8) is 0 Å². The fraction of sp³-hybridized carbons (Fsp3) is 0.300. The Balaban J connectivity index is 2.70. The Morgan fingerprint density at radius 2 is 2.27 bits per heavy atom. The molecule has 1 amide bonds. The third-order valence-corrected chi connectivity index (χ3v) is 2.66. The molecule has 5 heteroatoms. The van der Waals surface area contributed by atoms with Crippen LogP contribution in [0.1, 0.15) is 17.3 Å². The number of carbonyl (C=O) groups excluding carboxylic acids is 1. The van der Waals surface area contributed by atoms with Gasteiger partial charge in [0.1, 0.15) is 5.82 Å². The molecule has 15 heavy (non-hydrogen) atoms. The number of halogens is 3. The van der Waals surface area contributed by atoms with Gasteiger partial charge in [0.2, 0.25) is 0 Å². The molecule has 1 N–H and O–H groups in total. The summed E-state index contributed by atoms with van der Waals surface area (Å²) in [5.41, 5.74) is 0.441. The molecule has 0 bridgehead atoms. The van der Waals surface area contributed by atoms with Crippen molar-refractivity contribution in [3.05, 3.63) is 34.1 Å². The summed E-state index contributed by atoms with van der Waals surface area (Å²) in [6, 6.07) is 4.18. The van der Waals surface area contributed by atoms with Gasteiger partial charge >= 0.3 is 0 Å². The summed E-state index contributed by atoms with van der Waals surface area (Å²) in [5, 5.41) is 2.72. The van der Waals surface area contributed by atoms with E-state index in [2.05, 4.69) is 37.2 Å². The second-order valence-corrected chi connectivity index (χ2v) is 5.54. The lowest BCUT2D eigenvalue weighted by Gasteiger charge is -2.06. The van der Waals surface area contributed by atoms with Crippen molar-refractivity contribution in [3.8, 4) is 0 Å². The molecule has 0 aliphatic rings. The molecule has 0 aromatic heterocycles. The van der Waals surface area contributed by atoms with Crippen LogP contribution in [-0.2, 0) is 0 Å². The van der Waals surface area contributed by atoms with Gasteiger partial charge < -0.3 is 5.32 Å². The highest BCUT2D eigenvalue weighted by molar-refractivity contribution is 9.10. The standard InChI is InChI=1S/C10H10Br2FNO/c1-6(11)5-14-10(15)7-2-3-9(13)8(12)4-7/h2-4,6H,5H2,1H3,(H,14,15). The van der Waals surface area contributed by atoms with Gasteiger partial charge in [0.15, 0.2) is 0 Å². The van der Waals surface area contributed by atoms with E-state index in [0.29, 0.717) is 16.6 Å². The first-order valence-electron chi connectivity index (χ1n) is 4.38. The molecule has 0 spiro atoms. The first-order chi connectivity index (χ1) is 7.00. The van der Waals surface area contributed by atoms with Crippen LogP contribution in [0.3, 0.4) is 0 Å². The molecule has 0 heterocycles. The minimum Gasteiger partial charge on any atom is -0.351 e. The van der Waals surface area contributed by atoms with E-state index in [9.17, 15) is 9.18 Å². The lowest BCUT2D eigenvalue weighted by Crippen LogP contribution is -2.28. The number of nitrogens with one attached hydrogen (secondary N) is 1. The van der Waals surface area contributed by atoms with Crippen LogP contribution in [0.4, 0.5) is 4.39 Å². The number of alkyl halides is 1. The molecule has 0 aliphatic carbocycles. The number of hydrogen-bond acceptors (Lipinski definition) is 1. The average Bonchev–Trinajstić information content (AvgIpc) is 2.18. The van der Waals surface area contributed by atoms with Gasteiger partial charge in [-0.15, -0.1) is 0 Å². The number of hydrogen-bond donors (Lipinski definition) is 1. The molecule has 0 saturated heterocycles. The minimum atomic E-state index is -0.375. The van der Waals surface area contributed by atoms with Crippen LogP contribution < -0.4 is 5.32 Å². The van der Waals surface area contributed by atoms with Crippen LogP contribution in [0.5, 0.6) is 0 Å². The Morgan fingerprint density at radius 1 is 1.60 bits per heavy atom. The van der Waals surface area contributed by atoms with Gasteiger partial charge in [-0.05, 0) is 34.1 Å². The fourth-order valence-corrected chi connectivity index (χ4v) is 1.51. The van der Waals surface area contributed by atoms with E-state index >= 15 is 0 Å². The minimum absolute atomic E-state index is 0.206. The van der Waals surface area contributed by atoms with Gasteiger partial charge in [-0.2, -0.15) is 0 Å². The number of benzene rings is 1. The molecule has 1 unspecified atom stereocenters. The van der Waals surface area contributed by atoms with Gasteiger partial charge in [0.05, 0.1) is 4.47 Å². The average molecular weight is 339 g/mol. The topological polar surface area (TPSA) is 29.1 Å². The molecule has 0 aliphatic heterocycles. The third-order valence-electron chi connectivity index (χ3n) is 1.73. The van der Waals surface area contributed by atoms with E-state index in [1.165, 1.54) is 18.2 Å². The van der Waals surface area contributed by atoms with Crippen LogP contribution >= 0.6 is 31.9 Å². The van der Waals surface area contributed by atoms with Gasteiger partial charge in [0.25, 0.3) is 5.91 Å². The quantitative estimate of drug-likeness (QED) is 0.843. The van der Waals surface area contributed by atoms with Crippen molar-refractivity contribution in [2.24, 2.45) is 0 Å². The number of rotatable bonds is 3. The van der Waals surface area contributed by atoms with E-state index < -0.39 is 0 Å². The summed E-state index contributed by atoms with van der Waals surface area (Å²) in [6.07, 6.45) is 0. The van der Waals surface area contributed by atoms with Crippen LogP contribution in [0.2, 0.25) is 0 Å². The van der Waals surface area contributed by atoms with Gasteiger partial charge in [-0.3, -0.25) is 4.79 Å². The largest absolute Gasteiger partial charge is 0.351 e. The van der Waals surface area contributed by atoms with Crippen LogP contribution in [0.25, 0.3) is 0 Å². The SMILES string of the molecule is CC(Br)CNC(=O)c1ccc(F)c(Br)c1. The van der Waals surface area contributed by atoms with Gasteiger partial charge in [-0.1, -0.05) is 22.9 Å². The lowest BCUT2D eigenvalue weighted by atomic mass is 10.2. The van der Waals surface area contributed by atoms with E-state index in [1.807, 2.05) is 6.92 Å². The molecular weight excluding hydrogens is 329 g/mol. The van der Waals surface area contributed by atoms with Crippen molar-refractivity contribution < 1.29 is 9.18 Å². The predicted octanol–water partition coefficient (Wildman–Crippen LogP) is 3.10. The van der Waals surface area contributed by atoms with Crippen LogP contribution in [0, 0.1) is 5.82 Å². The van der Waals surface area contributed by atoms with Crippen LogP contribution in [-0.4, -0.2) is 17.3 Å². The van der Waals surface area contributed by atoms with Crippen molar-refractivity contribution in [1.29, 1.82) is 0 Å². The number of carbonyl (C=O) groups is 1. The molecule has 1 rings (SSSR count). The molecule has 1 aromatic rings. The zero-order chi connectivity index (χ0) is 11.4. The summed E-state index contributed by atoms with van der Waals surface area (Å²) in [6.45, 7) is 2.47. The monoisotopic (exact) mass is 337 g/mol. The zero-order valence-electron chi connectivity index (χ0n) is 8.06. The molecule has 1 aromatic carbocycles. The van der Waals surface area contributed by atoms with E-state index in [0.717, 1.165) is 0 Å². The highest BCUT2D eigenvalue weighted by atomic mass is 79.9. The molecular formula is C10H10Br2FNO. The second kappa shape index (κ2) is 5.61. The summed E-state index contributed by atoms with van der Waals surface area (Å²) in [7, 11) is 0. The summed E-state index contributed by atoms with van der Waals surface area (Å²) in [5.74, 6) is -0.581. The van der Waals surface area contributed by atoms with Crippen molar-refractivity contribution in [2.75, 3.05) is 6.54 Å². The van der Waals surface area contributed by atoms with E-state index in [-0.39, 0.29) is 16.6 Å². The highest BCUT2D eigenvalue weighted by Crippen LogP contribution is 2.16. The van der Waals surface area contributed by atoms with Crippen molar-refractivity contribution >= 4 is 37.8 Å². The second-order valence-electron chi connectivity index (χ2n) is 3.12. The van der Waals surface area contributed by atoms with Crippen molar-refractivity contribution in [1.82, 2.24) is 5.32 Å². The molecule has 0 radical (unpaired) electrons. The maximum atomic E-state index is 12.9. The first kappa shape index (κ1) is 12.6. The van der Waals surface area contributed by atoms with Gasteiger partial charge in [-0.25, -0.2) is 4.39 Å². The fourth-order valence-electron chi connectivity index (χ4n) is 0.973. The lowest BCUT2D eigenvalue weighted by molar-refractivity contribution is 0.0954. The van der Waals surface area contributed by atoms with Crippen molar-refractivity contribution in [2.45, 2.75) is 11.8 Å². The number of amides is 1. The van der Waals surface area contributed by atoms with Gasteiger partial charge in [0, 0.05) is 16.9 Å². The molecule has 0 fully saturated rings. The Morgan fingerprint density at radius 3 is 2.80 bits per heavy atom. The van der Waals surface area contributed by atoms with Crippen LogP contribution in [0.15, 0.2) is 22.7 Å². The molecule has 0 saturated carbocycles. The molecule has 1 atom stereocenters. The molecule has 2 nitrogen and oxygen atoms in total. The normalized spacial score (nSPS) is 12.3. The summed E-state index contributed by atoms with van der Waals surface area (Å²) < 4.78 is 13.2. The maximum absolute atomic E-state index is 12.9. The maximum Gasteiger partial charge on any atom is 0.251 e. The smallest absolute Gasteiger partial charge is 0.251 e. The zero-order valence-corrected chi connectivity index (χ0v) is 11.2. The Labute approximate surface area is 105 Å². The summed E-state index contributed by atoms with van der Waals surface area (Å²) >= 11 is 6.35. The summed E-state index contributed by atoms with van der Waals surface area (Å²) in [4.78, 5) is 11.8. The third kappa shape index (κ3) is 3.91.